The van der Waals surface area contributed by atoms with Crippen LogP contribution in [-0.2, 0) is 13.0 Å². The normalized spacial score (nSPS) is 18.1. The van der Waals surface area contributed by atoms with E-state index in [1.54, 1.807) is 0 Å². The van der Waals surface area contributed by atoms with Crippen LogP contribution >= 0.6 is 15.9 Å². The van der Waals surface area contributed by atoms with Crippen molar-refractivity contribution in [2.24, 2.45) is 5.92 Å². The second-order valence-electron chi connectivity index (χ2n) is 4.27. The van der Waals surface area contributed by atoms with Gasteiger partial charge in [0.2, 0.25) is 0 Å². The Kier molecular flexibility index (Phi) is 3.16. The van der Waals surface area contributed by atoms with Gasteiger partial charge in [-0.3, -0.25) is 4.68 Å². The first kappa shape index (κ1) is 11.1. The van der Waals surface area contributed by atoms with Crippen molar-refractivity contribution < 1.29 is 5.11 Å². The average molecular weight is 273 g/mol. The van der Waals surface area contributed by atoms with Gasteiger partial charge in [-0.2, -0.15) is 5.10 Å². The molecule has 2 rings (SSSR count). The summed E-state index contributed by atoms with van der Waals surface area (Å²) in [5.41, 5.74) is 2.14. The molecular formula is C11H17BrN2O. The lowest BCUT2D eigenvalue weighted by Gasteiger charge is -2.10. The van der Waals surface area contributed by atoms with Crippen molar-refractivity contribution >= 4 is 15.9 Å². The molecular weight excluding hydrogens is 256 g/mol. The number of hydrogen-bond acceptors (Lipinski definition) is 2. The highest BCUT2D eigenvalue weighted by Crippen LogP contribution is 2.35. The molecule has 1 aromatic rings. The Bertz CT molecular complexity index is 358. The zero-order chi connectivity index (χ0) is 11.0. The minimum absolute atomic E-state index is 0.192. The van der Waals surface area contributed by atoms with Gasteiger partial charge in [0.25, 0.3) is 0 Å². The molecule has 4 heteroatoms. The molecule has 1 atom stereocenters. The van der Waals surface area contributed by atoms with Gasteiger partial charge in [0, 0.05) is 13.0 Å². The van der Waals surface area contributed by atoms with Crippen LogP contribution in [0, 0.1) is 12.8 Å². The van der Waals surface area contributed by atoms with E-state index in [1.165, 1.54) is 12.8 Å². The highest BCUT2D eigenvalue weighted by molar-refractivity contribution is 9.10. The molecule has 0 bridgehead atoms. The number of nitrogens with zero attached hydrogens (tertiary/aromatic N) is 2. The number of hydrogen-bond donors (Lipinski definition) is 1. The fraction of sp³-hybridized carbons (Fsp3) is 0.727. The first-order valence-corrected chi connectivity index (χ1v) is 6.32. The summed E-state index contributed by atoms with van der Waals surface area (Å²) >= 11 is 3.55. The second-order valence-corrected chi connectivity index (χ2v) is 5.06. The Hall–Kier alpha value is -0.350. The van der Waals surface area contributed by atoms with Gasteiger partial charge in [-0.25, -0.2) is 0 Å². The molecule has 0 aliphatic heterocycles. The van der Waals surface area contributed by atoms with Crippen molar-refractivity contribution in [1.82, 2.24) is 9.78 Å². The van der Waals surface area contributed by atoms with E-state index in [4.69, 9.17) is 0 Å². The number of aliphatic hydroxyl groups is 1. The standard InChI is InChI=1S/C11H17BrN2O/c1-3-14-9(11(12)7(2)13-14)6-10(15)8-4-5-8/h8,10,15H,3-6H2,1-2H3. The van der Waals surface area contributed by atoms with Crippen LogP contribution in [0.5, 0.6) is 0 Å². The summed E-state index contributed by atoms with van der Waals surface area (Å²) in [6.07, 6.45) is 2.89. The fourth-order valence-electron chi connectivity index (χ4n) is 1.91. The average Bonchev–Trinajstić information content (AvgIpc) is 3.01. The summed E-state index contributed by atoms with van der Waals surface area (Å²) < 4.78 is 3.04. The largest absolute Gasteiger partial charge is 0.392 e. The third-order valence-electron chi connectivity index (χ3n) is 3.02. The summed E-state index contributed by atoms with van der Waals surface area (Å²) in [6, 6.07) is 0. The fourth-order valence-corrected chi connectivity index (χ4v) is 2.36. The summed E-state index contributed by atoms with van der Waals surface area (Å²) in [4.78, 5) is 0. The van der Waals surface area contributed by atoms with E-state index in [-0.39, 0.29) is 6.10 Å². The van der Waals surface area contributed by atoms with E-state index in [9.17, 15) is 5.11 Å². The van der Waals surface area contributed by atoms with Crippen LogP contribution in [0.2, 0.25) is 0 Å². The predicted molar refractivity (Wildman–Crippen MR) is 62.8 cm³/mol. The van der Waals surface area contributed by atoms with Gasteiger partial charge < -0.3 is 5.11 Å². The number of rotatable bonds is 4. The Morgan fingerprint density at radius 1 is 1.60 bits per heavy atom. The minimum atomic E-state index is -0.192. The van der Waals surface area contributed by atoms with Gasteiger partial charge in [-0.15, -0.1) is 0 Å². The lowest BCUT2D eigenvalue weighted by atomic mass is 10.1. The maximum absolute atomic E-state index is 9.93. The molecule has 1 aromatic heterocycles. The molecule has 1 saturated carbocycles. The van der Waals surface area contributed by atoms with Gasteiger partial charge in [0.15, 0.2) is 0 Å². The quantitative estimate of drug-likeness (QED) is 0.914. The van der Waals surface area contributed by atoms with Crippen LogP contribution in [-0.4, -0.2) is 21.0 Å². The summed E-state index contributed by atoms with van der Waals surface area (Å²) in [6.45, 7) is 4.92. The van der Waals surface area contributed by atoms with E-state index in [2.05, 4.69) is 28.0 Å². The number of aryl methyl sites for hydroxylation is 2. The van der Waals surface area contributed by atoms with Crippen LogP contribution in [0.4, 0.5) is 0 Å². The molecule has 84 valence electrons. The molecule has 3 nitrogen and oxygen atoms in total. The summed E-state index contributed by atoms with van der Waals surface area (Å²) in [5, 5.41) is 14.4. The molecule has 1 aliphatic rings. The molecule has 15 heavy (non-hydrogen) atoms. The highest BCUT2D eigenvalue weighted by atomic mass is 79.9. The van der Waals surface area contributed by atoms with E-state index in [1.807, 2.05) is 11.6 Å². The van der Waals surface area contributed by atoms with E-state index >= 15 is 0 Å². The van der Waals surface area contributed by atoms with Crippen LogP contribution in [0.15, 0.2) is 4.47 Å². The van der Waals surface area contributed by atoms with Crippen molar-refractivity contribution in [3.63, 3.8) is 0 Å². The third kappa shape index (κ3) is 2.26. The lowest BCUT2D eigenvalue weighted by Crippen LogP contribution is -2.16. The zero-order valence-corrected chi connectivity index (χ0v) is 10.8. The Morgan fingerprint density at radius 2 is 2.27 bits per heavy atom. The van der Waals surface area contributed by atoms with Gasteiger partial charge in [0.05, 0.1) is 22.0 Å². The van der Waals surface area contributed by atoms with Crippen LogP contribution in [0.3, 0.4) is 0 Å². The number of halogens is 1. The predicted octanol–water partition coefficient (Wildman–Crippen LogP) is 2.29. The highest BCUT2D eigenvalue weighted by Gasteiger charge is 2.31. The maximum atomic E-state index is 9.93. The van der Waals surface area contributed by atoms with Crippen molar-refractivity contribution in [2.45, 2.75) is 45.8 Å². The first-order chi connectivity index (χ1) is 7.13. The van der Waals surface area contributed by atoms with Crippen molar-refractivity contribution in [1.29, 1.82) is 0 Å². The van der Waals surface area contributed by atoms with E-state index in [0.29, 0.717) is 5.92 Å². The molecule has 0 radical (unpaired) electrons. The lowest BCUT2D eigenvalue weighted by molar-refractivity contribution is 0.149. The maximum Gasteiger partial charge on any atom is 0.0738 e. The second kappa shape index (κ2) is 4.26. The molecule has 1 heterocycles. The van der Waals surface area contributed by atoms with Gasteiger partial charge in [-0.05, 0) is 48.5 Å². The molecule has 1 aliphatic carbocycles. The van der Waals surface area contributed by atoms with Crippen molar-refractivity contribution in [3.8, 4) is 0 Å². The molecule has 0 aromatic carbocycles. The van der Waals surface area contributed by atoms with Crippen molar-refractivity contribution in [3.05, 3.63) is 15.9 Å². The third-order valence-corrected chi connectivity index (χ3v) is 4.05. The molecule has 1 fully saturated rings. The minimum Gasteiger partial charge on any atom is -0.392 e. The number of aliphatic hydroxyl groups excluding tert-OH is 1. The van der Waals surface area contributed by atoms with Gasteiger partial charge in [-0.1, -0.05) is 0 Å². The molecule has 0 saturated heterocycles. The summed E-state index contributed by atoms with van der Waals surface area (Å²) in [7, 11) is 0. The summed E-state index contributed by atoms with van der Waals surface area (Å²) in [5.74, 6) is 0.525. The van der Waals surface area contributed by atoms with Crippen molar-refractivity contribution in [2.75, 3.05) is 0 Å². The molecule has 1 N–H and O–H groups in total. The Morgan fingerprint density at radius 3 is 2.80 bits per heavy atom. The van der Waals surface area contributed by atoms with Crippen LogP contribution in [0.1, 0.15) is 31.2 Å². The monoisotopic (exact) mass is 272 g/mol. The Balaban J connectivity index is 2.17. The topological polar surface area (TPSA) is 38.0 Å². The molecule has 1 unspecified atom stereocenters. The Labute approximate surface area is 98.6 Å². The molecule has 0 amide bonds. The van der Waals surface area contributed by atoms with Gasteiger partial charge >= 0.3 is 0 Å². The number of aromatic nitrogens is 2. The zero-order valence-electron chi connectivity index (χ0n) is 9.20. The van der Waals surface area contributed by atoms with Gasteiger partial charge in [0.1, 0.15) is 0 Å². The van der Waals surface area contributed by atoms with E-state index in [0.717, 1.165) is 28.8 Å². The first-order valence-electron chi connectivity index (χ1n) is 5.53. The van der Waals surface area contributed by atoms with Crippen LogP contribution in [0.25, 0.3) is 0 Å². The smallest absolute Gasteiger partial charge is 0.0738 e. The van der Waals surface area contributed by atoms with Crippen LogP contribution < -0.4 is 0 Å². The SMILES string of the molecule is CCn1nc(C)c(Br)c1CC(O)C1CC1. The van der Waals surface area contributed by atoms with E-state index < -0.39 is 0 Å². The molecule has 0 spiro atoms.